The fourth-order valence-corrected chi connectivity index (χ4v) is 4.08. The van der Waals surface area contributed by atoms with E-state index in [4.69, 9.17) is 4.74 Å². The first kappa shape index (κ1) is 16.6. The minimum Gasteiger partial charge on any atom is -0.377 e. The molecule has 130 valence electrons. The zero-order chi connectivity index (χ0) is 16.4. The highest BCUT2D eigenvalue weighted by Crippen LogP contribution is 2.25. The van der Waals surface area contributed by atoms with Gasteiger partial charge >= 0.3 is 6.03 Å². The van der Waals surface area contributed by atoms with Crippen LogP contribution in [-0.4, -0.2) is 78.1 Å². The SMILES string of the molecule is C[C@@H]1COC[C@@H](C)N1C(=O)C1CCN(C(=O)N2CCCC2)CC1. The zero-order valence-corrected chi connectivity index (χ0v) is 14.4. The fourth-order valence-electron chi connectivity index (χ4n) is 4.08. The molecule has 0 saturated carbocycles. The first-order valence-electron chi connectivity index (χ1n) is 9.01. The van der Waals surface area contributed by atoms with Gasteiger partial charge in [-0.3, -0.25) is 4.79 Å². The number of hydrogen-bond donors (Lipinski definition) is 0. The molecule has 0 aromatic rings. The van der Waals surface area contributed by atoms with E-state index in [9.17, 15) is 9.59 Å². The van der Waals surface area contributed by atoms with Crippen molar-refractivity contribution >= 4 is 11.9 Å². The lowest BCUT2D eigenvalue weighted by molar-refractivity contribution is -0.150. The minimum atomic E-state index is 0.0561. The van der Waals surface area contributed by atoms with Gasteiger partial charge in [0.25, 0.3) is 0 Å². The highest BCUT2D eigenvalue weighted by Gasteiger charge is 2.36. The number of carbonyl (C=O) groups is 2. The van der Waals surface area contributed by atoms with E-state index in [0.717, 1.165) is 38.8 Å². The molecule has 3 saturated heterocycles. The Bertz CT molecular complexity index is 432. The summed E-state index contributed by atoms with van der Waals surface area (Å²) >= 11 is 0. The largest absolute Gasteiger partial charge is 0.377 e. The number of piperidine rings is 1. The van der Waals surface area contributed by atoms with Crippen molar-refractivity contribution in [1.29, 1.82) is 0 Å². The zero-order valence-electron chi connectivity index (χ0n) is 14.4. The number of ether oxygens (including phenoxy) is 1. The number of rotatable bonds is 1. The summed E-state index contributed by atoms with van der Waals surface area (Å²) in [5, 5.41) is 0. The Labute approximate surface area is 138 Å². The normalized spacial score (nSPS) is 29.9. The molecule has 23 heavy (non-hydrogen) atoms. The average Bonchev–Trinajstić information content (AvgIpc) is 3.08. The summed E-state index contributed by atoms with van der Waals surface area (Å²) < 4.78 is 5.51. The summed E-state index contributed by atoms with van der Waals surface area (Å²) in [4.78, 5) is 31.2. The van der Waals surface area contributed by atoms with E-state index >= 15 is 0 Å². The molecular weight excluding hydrogens is 294 g/mol. The molecule has 3 rings (SSSR count). The lowest BCUT2D eigenvalue weighted by Crippen LogP contribution is -2.56. The number of amides is 3. The molecule has 0 aliphatic carbocycles. The van der Waals surface area contributed by atoms with E-state index in [2.05, 4.69) is 13.8 Å². The van der Waals surface area contributed by atoms with Crippen LogP contribution >= 0.6 is 0 Å². The molecule has 6 heteroatoms. The van der Waals surface area contributed by atoms with Crippen molar-refractivity contribution in [3.63, 3.8) is 0 Å². The maximum absolute atomic E-state index is 12.9. The third kappa shape index (κ3) is 3.47. The van der Waals surface area contributed by atoms with Crippen LogP contribution in [-0.2, 0) is 9.53 Å². The van der Waals surface area contributed by atoms with Crippen molar-refractivity contribution in [2.24, 2.45) is 5.92 Å². The molecule has 3 aliphatic rings. The third-order valence-corrected chi connectivity index (χ3v) is 5.41. The maximum Gasteiger partial charge on any atom is 0.319 e. The van der Waals surface area contributed by atoms with Crippen LogP contribution in [0.25, 0.3) is 0 Å². The molecule has 2 atom stereocenters. The van der Waals surface area contributed by atoms with Gasteiger partial charge < -0.3 is 19.4 Å². The molecule has 0 unspecified atom stereocenters. The minimum absolute atomic E-state index is 0.0561. The first-order valence-corrected chi connectivity index (χ1v) is 9.01. The number of urea groups is 1. The number of morpholine rings is 1. The molecule has 3 fully saturated rings. The van der Waals surface area contributed by atoms with Gasteiger partial charge in [-0.25, -0.2) is 4.79 Å². The van der Waals surface area contributed by atoms with Crippen molar-refractivity contribution in [2.75, 3.05) is 39.4 Å². The summed E-state index contributed by atoms with van der Waals surface area (Å²) in [6, 6.07) is 0.465. The van der Waals surface area contributed by atoms with E-state index in [1.807, 2.05) is 14.7 Å². The van der Waals surface area contributed by atoms with E-state index in [-0.39, 0.29) is 29.9 Å². The Kier molecular flexibility index (Phi) is 5.09. The molecule has 0 aromatic carbocycles. The van der Waals surface area contributed by atoms with Crippen molar-refractivity contribution in [1.82, 2.24) is 14.7 Å². The van der Waals surface area contributed by atoms with E-state index in [1.165, 1.54) is 0 Å². The Morgan fingerprint density at radius 2 is 1.39 bits per heavy atom. The lowest BCUT2D eigenvalue weighted by atomic mass is 9.94. The Hall–Kier alpha value is -1.30. The van der Waals surface area contributed by atoms with Crippen molar-refractivity contribution < 1.29 is 14.3 Å². The van der Waals surface area contributed by atoms with Gasteiger partial charge in [-0.05, 0) is 39.5 Å². The van der Waals surface area contributed by atoms with Crippen LogP contribution < -0.4 is 0 Å². The topological polar surface area (TPSA) is 53.1 Å². The number of likely N-dealkylation sites (tertiary alicyclic amines) is 2. The van der Waals surface area contributed by atoms with Crippen LogP contribution in [0.1, 0.15) is 39.5 Å². The van der Waals surface area contributed by atoms with Gasteiger partial charge in [0, 0.05) is 32.1 Å². The summed E-state index contributed by atoms with van der Waals surface area (Å²) in [5.74, 6) is 0.308. The maximum atomic E-state index is 12.9. The highest BCUT2D eigenvalue weighted by molar-refractivity contribution is 5.80. The predicted octanol–water partition coefficient (Wildman–Crippen LogP) is 1.55. The Morgan fingerprint density at radius 1 is 0.870 bits per heavy atom. The van der Waals surface area contributed by atoms with Crippen molar-refractivity contribution in [3.05, 3.63) is 0 Å². The van der Waals surface area contributed by atoms with Gasteiger partial charge in [-0.2, -0.15) is 0 Å². The van der Waals surface area contributed by atoms with E-state index < -0.39 is 0 Å². The molecule has 6 nitrogen and oxygen atoms in total. The molecule has 0 bridgehead atoms. The number of carbonyl (C=O) groups excluding carboxylic acids is 2. The number of nitrogens with zero attached hydrogens (tertiary/aromatic N) is 3. The second-order valence-electron chi connectivity index (χ2n) is 7.22. The van der Waals surface area contributed by atoms with Gasteiger partial charge in [0.05, 0.1) is 25.3 Å². The molecule has 0 aromatic heterocycles. The van der Waals surface area contributed by atoms with Crippen molar-refractivity contribution in [3.8, 4) is 0 Å². The van der Waals surface area contributed by atoms with Crippen LogP contribution in [0.2, 0.25) is 0 Å². The average molecular weight is 323 g/mol. The Balaban J connectivity index is 1.53. The van der Waals surface area contributed by atoms with E-state index in [0.29, 0.717) is 26.3 Å². The molecule has 3 heterocycles. The van der Waals surface area contributed by atoms with E-state index in [1.54, 1.807) is 0 Å². The monoisotopic (exact) mass is 323 g/mol. The summed E-state index contributed by atoms with van der Waals surface area (Å²) in [6.07, 6.45) is 3.81. The standard InChI is InChI=1S/C17H29N3O3/c1-13-11-23-12-14(2)20(13)16(21)15-5-9-19(10-6-15)17(22)18-7-3-4-8-18/h13-15H,3-12H2,1-2H3/t13-,14-/m1/s1. The highest BCUT2D eigenvalue weighted by atomic mass is 16.5. The van der Waals surface area contributed by atoms with Crippen LogP contribution in [0.15, 0.2) is 0 Å². The lowest BCUT2D eigenvalue weighted by Gasteiger charge is -2.42. The summed E-state index contributed by atoms with van der Waals surface area (Å²) in [6.45, 7) is 8.56. The fraction of sp³-hybridized carbons (Fsp3) is 0.882. The van der Waals surface area contributed by atoms with Crippen molar-refractivity contribution in [2.45, 2.75) is 51.6 Å². The summed E-state index contributed by atoms with van der Waals surface area (Å²) in [7, 11) is 0. The van der Waals surface area contributed by atoms with Crippen LogP contribution in [0, 0.1) is 5.92 Å². The first-order chi connectivity index (χ1) is 11.1. The van der Waals surface area contributed by atoms with Crippen LogP contribution in [0.5, 0.6) is 0 Å². The quantitative estimate of drug-likeness (QED) is 0.736. The molecule has 3 aliphatic heterocycles. The molecule has 3 amide bonds. The molecule has 0 spiro atoms. The second kappa shape index (κ2) is 7.07. The molecular formula is C17H29N3O3. The van der Waals surface area contributed by atoms with Gasteiger partial charge in [0.15, 0.2) is 0 Å². The van der Waals surface area contributed by atoms with Gasteiger partial charge in [-0.1, -0.05) is 0 Å². The number of hydrogen-bond acceptors (Lipinski definition) is 3. The van der Waals surface area contributed by atoms with Gasteiger partial charge in [0.2, 0.25) is 5.91 Å². The van der Waals surface area contributed by atoms with Crippen LogP contribution in [0.3, 0.4) is 0 Å². The molecule has 0 radical (unpaired) electrons. The van der Waals surface area contributed by atoms with Crippen LogP contribution in [0.4, 0.5) is 4.79 Å². The molecule has 0 N–H and O–H groups in total. The smallest absolute Gasteiger partial charge is 0.319 e. The second-order valence-corrected chi connectivity index (χ2v) is 7.22. The third-order valence-electron chi connectivity index (χ3n) is 5.41. The van der Waals surface area contributed by atoms with Gasteiger partial charge in [-0.15, -0.1) is 0 Å². The predicted molar refractivity (Wildman–Crippen MR) is 87.1 cm³/mol. The summed E-state index contributed by atoms with van der Waals surface area (Å²) in [5.41, 5.74) is 0. The Morgan fingerprint density at radius 3 is 1.96 bits per heavy atom. The van der Waals surface area contributed by atoms with Gasteiger partial charge in [0.1, 0.15) is 0 Å².